The molecule has 2 aromatic carbocycles. The van der Waals surface area contributed by atoms with Gasteiger partial charge < -0.3 is 5.32 Å². The summed E-state index contributed by atoms with van der Waals surface area (Å²) in [5, 5.41) is 3.37. The lowest BCUT2D eigenvalue weighted by Crippen LogP contribution is -2.24. The van der Waals surface area contributed by atoms with Crippen LogP contribution in [0.2, 0.25) is 0 Å². The number of benzene rings is 2. The summed E-state index contributed by atoms with van der Waals surface area (Å²) in [4.78, 5) is 12.7. The van der Waals surface area contributed by atoms with Crippen LogP contribution < -0.4 is 5.32 Å². The zero-order chi connectivity index (χ0) is 14.7. The van der Waals surface area contributed by atoms with E-state index in [0.717, 1.165) is 36.2 Å². The molecule has 1 atom stereocenters. The number of anilines is 1. The first-order chi connectivity index (χ1) is 10.3. The number of fused-ring (bicyclic) bond motifs is 1. The number of nitrogens with one attached hydrogen (secondary N) is 1. The lowest BCUT2D eigenvalue weighted by atomic mass is 9.85. The van der Waals surface area contributed by atoms with E-state index in [4.69, 9.17) is 0 Å². The van der Waals surface area contributed by atoms with Crippen molar-refractivity contribution in [2.24, 2.45) is 0 Å². The molecule has 0 aliphatic carbocycles. The fourth-order valence-corrected chi connectivity index (χ4v) is 3.02. The van der Waals surface area contributed by atoms with Gasteiger partial charge in [-0.3, -0.25) is 4.79 Å². The molecule has 3 rings (SSSR count). The molecule has 0 saturated heterocycles. The van der Waals surface area contributed by atoms with Crippen molar-refractivity contribution in [1.29, 1.82) is 0 Å². The summed E-state index contributed by atoms with van der Waals surface area (Å²) in [5.74, 6) is 0.363. The summed E-state index contributed by atoms with van der Waals surface area (Å²) in [6.07, 6.45) is 2.46. The van der Waals surface area contributed by atoms with Crippen LogP contribution in [0.15, 0.2) is 48.5 Å². The molecule has 0 amide bonds. The van der Waals surface area contributed by atoms with E-state index < -0.39 is 0 Å². The molecule has 2 heteroatoms. The third kappa shape index (κ3) is 2.99. The van der Waals surface area contributed by atoms with E-state index in [1.54, 1.807) is 0 Å². The molecule has 0 aromatic heterocycles. The Labute approximate surface area is 126 Å². The number of carbonyl (C=O) groups is 1. The highest BCUT2D eigenvalue weighted by Crippen LogP contribution is 2.32. The number of Topliss-reactive ketones (excluding diaryl/α,β-unsaturated/α-hetero) is 1. The van der Waals surface area contributed by atoms with Gasteiger partial charge in [0.1, 0.15) is 5.78 Å². The maximum atomic E-state index is 12.7. The molecule has 1 N–H and O–H groups in total. The van der Waals surface area contributed by atoms with Crippen molar-refractivity contribution >= 4 is 11.5 Å². The molecule has 0 spiro atoms. The van der Waals surface area contributed by atoms with E-state index in [2.05, 4.69) is 48.6 Å². The van der Waals surface area contributed by atoms with Gasteiger partial charge in [-0.25, -0.2) is 0 Å². The van der Waals surface area contributed by atoms with Crippen LogP contribution in [0.1, 0.15) is 36.0 Å². The van der Waals surface area contributed by atoms with Crippen LogP contribution in [0.5, 0.6) is 0 Å². The van der Waals surface area contributed by atoms with Crippen LogP contribution in [0, 0.1) is 0 Å². The number of hydrogen-bond acceptors (Lipinski definition) is 2. The number of ketones is 1. The lowest BCUT2D eigenvalue weighted by Gasteiger charge is -2.25. The van der Waals surface area contributed by atoms with Gasteiger partial charge in [0.15, 0.2) is 0 Å². The van der Waals surface area contributed by atoms with Gasteiger partial charge in [-0.05, 0) is 35.6 Å². The summed E-state index contributed by atoms with van der Waals surface area (Å²) in [7, 11) is 0. The molecule has 0 radical (unpaired) electrons. The largest absolute Gasteiger partial charge is 0.385 e. The highest BCUT2D eigenvalue weighted by Gasteiger charge is 2.25. The van der Waals surface area contributed by atoms with E-state index in [1.807, 2.05) is 12.1 Å². The van der Waals surface area contributed by atoms with Crippen LogP contribution >= 0.6 is 0 Å². The third-order valence-electron chi connectivity index (χ3n) is 4.28. The van der Waals surface area contributed by atoms with Gasteiger partial charge in [0.2, 0.25) is 0 Å². The molecule has 2 nitrogen and oxygen atoms in total. The fraction of sp³-hybridized carbons (Fsp3) is 0.316. The Bertz CT molecular complexity index is 630. The van der Waals surface area contributed by atoms with Gasteiger partial charge in [-0.2, -0.15) is 0 Å². The second-order valence-electron chi connectivity index (χ2n) is 5.67. The number of rotatable bonds is 4. The SMILES string of the molecule is CCc1ccc(CC(=O)C2CCNc3ccccc32)cc1. The molecule has 2 aromatic rings. The number of hydrogen-bond donors (Lipinski definition) is 1. The Kier molecular flexibility index (Phi) is 4.05. The predicted molar refractivity (Wildman–Crippen MR) is 86.8 cm³/mol. The van der Waals surface area contributed by atoms with Gasteiger partial charge >= 0.3 is 0 Å². The average molecular weight is 279 g/mol. The quantitative estimate of drug-likeness (QED) is 0.918. The van der Waals surface area contributed by atoms with Crippen molar-refractivity contribution in [2.45, 2.75) is 32.1 Å². The molecule has 0 saturated carbocycles. The van der Waals surface area contributed by atoms with Gasteiger partial charge in [-0.1, -0.05) is 49.4 Å². The predicted octanol–water partition coefficient (Wildman–Crippen LogP) is 3.96. The van der Waals surface area contributed by atoms with Crippen LogP contribution in [0.3, 0.4) is 0 Å². The Morgan fingerprint density at radius 1 is 1.10 bits per heavy atom. The molecule has 0 bridgehead atoms. The highest BCUT2D eigenvalue weighted by atomic mass is 16.1. The minimum Gasteiger partial charge on any atom is -0.385 e. The lowest BCUT2D eigenvalue weighted by molar-refractivity contribution is -0.120. The fourth-order valence-electron chi connectivity index (χ4n) is 3.02. The van der Waals surface area contributed by atoms with Gasteiger partial charge in [0.25, 0.3) is 0 Å². The molecular formula is C19H21NO. The highest BCUT2D eigenvalue weighted by molar-refractivity contribution is 5.89. The maximum absolute atomic E-state index is 12.7. The van der Waals surface area contributed by atoms with Crippen molar-refractivity contribution < 1.29 is 4.79 Å². The summed E-state index contributed by atoms with van der Waals surface area (Å²) in [6.45, 7) is 3.02. The average Bonchev–Trinajstić information content (AvgIpc) is 2.55. The second-order valence-corrected chi connectivity index (χ2v) is 5.67. The summed E-state index contributed by atoms with van der Waals surface area (Å²) in [5.41, 5.74) is 4.70. The molecule has 21 heavy (non-hydrogen) atoms. The smallest absolute Gasteiger partial charge is 0.144 e. The Morgan fingerprint density at radius 2 is 1.81 bits per heavy atom. The molecule has 108 valence electrons. The second kappa shape index (κ2) is 6.13. The van der Waals surface area contributed by atoms with Gasteiger partial charge in [-0.15, -0.1) is 0 Å². The molecule has 1 aliphatic heterocycles. The van der Waals surface area contributed by atoms with Gasteiger partial charge in [0.05, 0.1) is 0 Å². The summed E-state index contributed by atoms with van der Waals surface area (Å²) < 4.78 is 0. The van der Waals surface area contributed by atoms with Gasteiger partial charge in [0, 0.05) is 24.6 Å². The first-order valence-corrected chi connectivity index (χ1v) is 7.71. The van der Waals surface area contributed by atoms with E-state index in [0.29, 0.717) is 12.2 Å². The first-order valence-electron chi connectivity index (χ1n) is 7.71. The van der Waals surface area contributed by atoms with E-state index >= 15 is 0 Å². The molecule has 0 fully saturated rings. The number of aryl methyl sites for hydroxylation is 1. The molecule has 1 unspecified atom stereocenters. The van der Waals surface area contributed by atoms with Crippen molar-refractivity contribution in [1.82, 2.24) is 0 Å². The van der Waals surface area contributed by atoms with Crippen molar-refractivity contribution in [2.75, 3.05) is 11.9 Å². The minimum atomic E-state index is 0.0355. The normalized spacial score (nSPS) is 16.9. The summed E-state index contributed by atoms with van der Waals surface area (Å²) >= 11 is 0. The van der Waals surface area contributed by atoms with Crippen LogP contribution in [-0.2, 0) is 17.6 Å². The Hall–Kier alpha value is -2.09. The van der Waals surface area contributed by atoms with E-state index in [-0.39, 0.29) is 5.92 Å². The standard InChI is InChI=1S/C19H21NO/c1-2-14-7-9-15(10-8-14)13-19(21)17-11-12-20-18-6-4-3-5-16(17)18/h3-10,17,20H,2,11-13H2,1H3. The molecular weight excluding hydrogens is 258 g/mol. The topological polar surface area (TPSA) is 29.1 Å². The number of carbonyl (C=O) groups excluding carboxylic acids is 1. The monoisotopic (exact) mass is 279 g/mol. The Balaban J connectivity index is 1.76. The summed E-state index contributed by atoms with van der Waals surface area (Å²) in [6, 6.07) is 16.6. The maximum Gasteiger partial charge on any atom is 0.144 e. The first kappa shape index (κ1) is 13.9. The van der Waals surface area contributed by atoms with Crippen molar-refractivity contribution in [3.05, 3.63) is 65.2 Å². The van der Waals surface area contributed by atoms with E-state index in [1.165, 1.54) is 5.56 Å². The van der Waals surface area contributed by atoms with Crippen LogP contribution in [0.25, 0.3) is 0 Å². The number of para-hydroxylation sites is 1. The zero-order valence-electron chi connectivity index (χ0n) is 12.4. The van der Waals surface area contributed by atoms with Crippen molar-refractivity contribution in [3.8, 4) is 0 Å². The molecule has 1 aliphatic rings. The molecule has 1 heterocycles. The minimum absolute atomic E-state index is 0.0355. The van der Waals surface area contributed by atoms with Crippen LogP contribution in [0.4, 0.5) is 5.69 Å². The van der Waals surface area contributed by atoms with Crippen LogP contribution in [-0.4, -0.2) is 12.3 Å². The zero-order valence-corrected chi connectivity index (χ0v) is 12.4. The third-order valence-corrected chi connectivity index (χ3v) is 4.28. The Morgan fingerprint density at radius 3 is 2.57 bits per heavy atom. The van der Waals surface area contributed by atoms with Crippen molar-refractivity contribution in [3.63, 3.8) is 0 Å². The van der Waals surface area contributed by atoms with E-state index in [9.17, 15) is 4.79 Å².